The molecule has 2 atom stereocenters. The minimum atomic E-state index is -0.753. The number of aryl methyl sites for hydroxylation is 1. The van der Waals surface area contributed by atoms with Gasteiger partial charge in [-0.25, -0.2) is 4.39 Å². The average Bonchev–Trinajstić information content (AvgIpc) is 2.39. The third-order valence-electron chi connectivity index (χ3n) is 2.93. The molecule has 0 saturated heterocycles. The van der Waals surface area contributed by atoms with Gasteiger partial charge in [-0.2, -0.15) is 12.6 Å². The first-order valence-electron chi connectivity index (χ1n) is 5.76. The molecule has 0 saturated carbocycles. The summed E-state index contributed by atoms with van der Waals surface area (Å²) in [6.07, 6.45) is -0.753. The predicted octanol–water partition coefficient (Wildman–Crippen LogP) is 3.84. The zero-order valence-corrected chi connectivity index (χ0v) is 10.9. The van der Waals surface area contributed by atoms with Crippen molar-refractivity contribution in [3.05, 3.63) is 71.0 Å². The lowest BCUT2D eigenvalue weighted by molar-refractivity contribution is 0.175. The van der Waals surface area contributed by atoms with E-state index in [1.165, 1.54) is 12.1 Å². The molecular weight excluding hydrogens is 247 g/mol. The Kier molecular flexibility index (Phi) is 4.04. The van der Waals surface area contributed by atoms with Crippen LogP contribution in [0.2, 0.25) is 0 Å². The first-order valence-corrected chi connectivity index (χ1v) is 6.28. The Labute approximate surface area is 112 Å². The number of rotatable bonds is 3. The van der Waals surface area contributed by atoms with Gasteiger partial charge in [0.15, 0.2) is 0 Å². The van der Waals surface area contributed by atoms with Crippen LogP contribution in [0.25, 0.3) is 0 Å². The second kappa shape index (κ2) is 5.55. The van der Waals surface area contributed by atoms with Gasteiger partial charge in [0.1, 0.15) is 5.82 Å². The van der Waals surface area contributed by atoms with Crippen LogP contribution in [-0.4, -0.2) is 5.11 Å². The highest BCUT2D eigenvalue weighted by molar-refractivity contribution is 7.80. The van der Waals surface area contributed by atoms with Gasteiger partial charge in [-0.3, -0.25) is 0 Å². The van der Waals surface area contributed by atoms with E-state index in [4.69, 9.17) is 0 Å². The topological polar surface area (TPSA) is 20.2 Å². The fraction of sp³-hybridized carbons (Fsp3) is 0.200. The van der Waals surface area contributed by atoms with Crippen molar-refractivity contribution < 1.29 is 9.50 Å². The van der Waals surface area contributed by atoms with E-state index in [-0.39, 0.29) is 11.1 Å². The number of aliphatic hydroxyl groups excluding tert-OH is 1. The molecule has 0 spiro atoms. The number of hydrogen-bond donors (Lipinski definition) is 2. The first-order chi connectivity index (χ1) is 8.58. The Morgan fingerprint density at radius 3 is 2.00 bits per heavy atom. The lowest BCUT2D eigenvalue weighted by atomic mass is 10.00. The Morgan fingerprint density at radius 1 is 0.944 bits per heavy atom. The summed E-state index contributed by atoms with van der Waals surface area (Å²) >= 11 is 4.44. The lowest BCUT2D eigenvalue weighted by Gasteiger charge is -2.19. The largest absolute Gasteiger partial charge is 0.387 e. The maximum atomic E-state index is 12.8. The maximum Gasteiger partial charge on any atom is 0.123 e. The molecule has 0 heterocycles. The number of benzene rings is 2. The molecular formula is C15H15FOS. The Balaban J connectivity index is 2.20. The molecule has 0 fully saturated rings. The van der Waals surface area contributed by atoms with Crippen molar-refractivity contribution in [2.45, 2.75) is 18.3 Å². The van der Waals surface area contributed by atoms with E-state index >= 15 is 0 Å². The van der Waals surface area contributed by atoms with Crippen molar-refractivity contribution >= 4 is 12.6 Å². The molecule has 0 amide bonds. The highest BCUT2D eigenvalue weighted by Gasteiger charge is 2.18. The molecule has 1 nitrogen and oxygen atoms in total. The summed E-state index contributed by atoms with van der Waals surface area (Å²) in [7, 11) is 0. The molecule has 0 bridgehead atoms. The van der Waals surface area contributed by atoms with E-state index in [0.29, 0.717) is 5.56 Å². The van der Waals surface area contributed by atoms with E-state index in [9.17, 15) is 9.50 Å². The maximum absolute atomic E-state index is 12.8. The monoisotopic (exact) mass is 262 g/mol. The van der Waals surface area contributed by atoms with Gasteiger partial charge >= 0.3 is 0 Å². The zero-order valence-electron chi connectivity index (χ0n) is 10.0. The highest BCUT2D eigenvalue weighted by atomic mass is 32.1. The molecule has 2 aromatic carbocycles. The van der Waals surface area contributed by atoms with E-state index in [0.717, 1.165) is 11.1 Å². The molecule has 0 aliphatic carbocycles. The Bertz CT molecular complexity index is 458. The SMILES string of the molecule is Cc1ccc([C@H](S)[C@@H](O)c2ccc(F)cc2)cc1. The fourth-order valence-electron chi connectivity index (χ4n) is 1.79. The van der Waals surface area contributed by atoms with Gasteiger partial charge in [0.2, 0.25) is 0 Å². The van der Waals surface area contributed by atoms with Crippen LogP contribution >= 0.6 is 12.6 Å². The van der Waals surface area contributed by atoms with Crippen LogP contribution in [0.15, 0.2) is 48.5 Å². The third-order valence-corrected chi connectivity index (χ3v) is 3.51. The fourth-order valence-corrected chi connectivity index (χ4v) is 2.13. The number of thiol groups is 1. The standard InChI is InChI=1S/C15H15FOS/c1-10-2-4-12(5-3-10)15(18)14(17)11-6-8-13(16)9-7-11/h2-9,14-15,17-18H,1H3/t14-,15-/m0/s1. The third kappa shape index (κ3) is 2.92. The smallest absolute Gasteiger partial charge is 0.123 e. The van der Waals surface area contributed by atoms with Crippen LogP contribution in [0.5, 0.6) is 0 Å². The summed E-state index contributed by atoms with van der Waals surface area (Å²) in [6.45, 7) is 2.01. The second-order valence-electron chi connectivity index (χ2n) is 4.35. The number of aliphatic hydroxyl groups is 1. The van der Waals surface area contributed by atoms with E-state index in [2.05, 4.69) is 12.6 Å². The van der Waals surface area contributed by atoms with Gasteiger partial charge in [-0.05, 0) is 30.2 Å². The predicted molar refractivity (Wildman–Crippen MR) is 74.3 cm³/mol. The van der Waals surface area contributed by atoms with Crippen LogP contribution in [-0.2, 0) is 0 Å². The van der Waals surface area contributed by atoms with Crippen molar-refractivity contribution in [1.82, 2.24) is 0 Å². The Morgan fingerprint density at radius 2 is 1.44 bits per heavy atom. The molecule has 2 rings (SSSR count). The van der Waals surface area contributed by atoms with Crippen LogP contribution < -0.4 is 0 Å². The summed E-state index contributed by atoms with van der Waals surface area (Å²) < 4.78 is 12.8. The zero-order chi connectivity index (χ0) is 13.1. The molecule has 1 N–H and O–H groups in total. The van der Waals surface area contributed by atoms with E-state index in [1.807, 2.05) is 31.2 Å². The first kappa shape index (κ1) is 13.1. The van der Waals surface area contributed by atoms with Gasteiger partial charge < -0.3 is 5.11 Å². The molecule has 18 heavy (non-hydrogen) atoms. The summed E-state index contributed by atoms with van der Waals surface area (Å²) in [5, 5.41) is 9.88. The molecule has 0 aliphatic heterocycles. The summed E-state index contributed by atoms with van der Waals surface area (Å²) in [5.74, 6) is -0.308. The van der Waals surface area contributed by atoms with Crippen LogP contribution in [0.3, 0.4) is 0 Å². The molecule has 94 valence electrons. The van der Waals surface area contributed by atoms with Gasteiger partial charge in [0.05, 0.1) is 11.4 Å². The molecule has 0 radical (unpaired) electrons. The number of hydrogen-bond acceptors (Lipinski definition) is 2. The average molecular weight is 262 g/mol. The van der Waals surface area contributed by atoms with E-state index in [1.54, 1.807) is 12.1 Å². The minimum Gasteiger partial charge on any atom is -0.387 e. The van der Waals surface area contributed by atoms with Crippen molar-refractivity contribution in [2.75, 3.05) is 0 Å². The molecule has 2 aromatic rings. The normalized spacial score (nSPS) is 14.2. The highest BCUT2D eigenvalue weighted by Crippen LogP contribution is 2.33. The minimum absolute atomic E-state index is 0.308. The van der Waals surface area contributed by atoms with Crippen molar-refractivity contribution in [1.29, 1.82) is 0 Å². The summed E-state index contributed by atoms with van der Waals surface area (Å²) in [6, 6.07) is 13.7. The lowest BCUT2D eigenvalue weighted by Crippen LogP contribution is -2.05. The summed E-state index contributed by atoms with van der Waals surface area (Å²) in [5.41, 5.74) is 2.77. The van der Waals surface area contributed by atoms with Gasteiger partial charge in [-0.15, -0.1) is 0 Å². The van der Waals surface area contributed by atoms with Crippen molar-refractivity contribution in [2.24, 2.45) is 0 Å². The van der Waals surface area contributed by atoms with Crippen LogP contribution in [0, 0.1) is 12.7 Å². The van der Waals surface area contributed by atoms with Gasteiger partial charge in [-0.1, -0.05) is 42.0 Å². The van der Waals surface area contributed by atoms with Gasteiger partial charge in [0.25, 0.3) is 0 Å². The molecule has 0 aliphatic rings. The Hall–Kier alpha value is -1.32. The van der Waals surface area contributed by atoms with Gasteiger partial charge in [0, 0.05) is 0 Å². The molecule has 0 aromatic heterocycles. The van der Waals surface area contributed by atoms with Crippen LogP contribution in [0.4, 0.5) is 4.39 Å². The van der Waals surface area contributed by atoms with Crippen molar-refractivity contribution in [3.63, 3.8) is 0 Å². The number of halogens is 1. The summed E-state index contributed by atoms with van der Waals surface area (Å²) in [4.78, 5) is 0. The van der Waals surface area contributed by atoms with Crippen molar-refractivity contribution in [3.8, 4) is 0 Å². The quantitative estimate of drug-likeness (QED) is 0.805. The molecule has 0 unspecified atom stereocenters. The second-order valence-corrected chi connectivity index (χ2v) is 4.91. The molecule has 3 heteroatoms. The van der Waals surface area contributed by atoms with E-state index < -0.39 is 6.10 Å². The van der Waals surface area contributed by atoms with Crippen LogP contribution in [0.1, 0.15) is 28.0 Å².